The maximum absolute atomic E-state index is 11.7. The van der Waals surface area contributed by atoms with Crippen LogP contribution in [-0.4, -0.2) is 114 Å². The SMILES string of the molecule is C=CC(=O)O[B]C(COc1ccccc1)COC(C)(C)CNCCCOC(C)(C)CCOc1cccc(OCCC(C)(C)OCCCCC(C)(C)C(C)(C)OCC(COc2ccccc2)C(C)(C)OC=O)c1. The van der Waals surface area contributed by atoms with Gasteiger partial charge in [0.15, 0.2) is 0 Å². The first kappa shape index (κ1) is 61.7. The number of nitrogens with one attached hydrogen (secondary N) is 1. The molecule has 0 amide bonds. The highest BCUT2D eigenvalue weighted by Gasteiger charge is 2.40. The molecule has 401 valence electrons. The second-order valence-corrected chi connectivity index (χ2v) is 22.0. The summed E-state index contributed by atoms with van der Waals surface area (Å²) in [4.78, 5) is 23.0. The zero-order chi connectivity index (χ0) is 53.2. The van der Waals surface area contributed by atoms with Gasteiger partial charge in [-0.05, 0) is 137 Å². The molecule has 14 heteroatoms. The van der Waals surface area contributed by atoms with Gasteiger partial charge >= 0.3 is 13.5 Å². The highest BCUT2D eigenvalue weighted by Crippen LogP contribution is 2.39. The van der Waals surface area contributed by atoms with E-state index in [1.807, 2.05) is 113 Å². The Morgan fingerprint density at radius 2 is 1.12 bits per heavy atom. The Morgan fingerprint density at radius 3 is 1.68 bits per heavy atom. The molecule has 0 aliphatic heterocycles. The summed E-state index contributed by atoms with van der Waals surface area (Å²) in [5.74, 6) is 2.03. The van der Waals surface area contributed by atoms with Gasteiger partial charge in [0.05, 0.1) is 68.0 Å². The molecule has 0 aliphatic carbocycles. The molecule has 1 N–H and O–H groups in total. The first-order chi connectivity index (χ1) is 34.0. The van der Waals surface area contributed by atoms with Crippen LogP contribution in [0.1, 0.15) is 122 Å². The van der Waals surface area contributed by atoms with Gasteiger partial charge in [0.25, 0.3) is 6.47 Å². The van der Waals surface area contributed by atoms with Crippen LogP contribution in [0.4, 0.5) is 0 Å². The van der Waals surface area contributed by atoms with Crippen molar-refractivity contribution in [2.75, 3.05) is 65.9 Å². The van der Waals surface area contributed by atoms with E-state index in [4.69, 9.17) is 47.3 Å². The van der Waals surface area contributed by atoms with E-state index in [0.29, 0.717) is 65.9 Å². The van der Waals surface area contributed by atoms with E-state index in [-0.39, 0.29) is 28.4 Å². The van der Waals surface area contributed by atoms with Crippen molar-refractivity contribution in [1.29, 1.82) is 0 Å². The first-order valence-electron chi connectivity index (χ1n) is 25.7. The lowest BCUT2D eigenvalue weighted by Crippen LogP contribution is -2.47. The monoisotopic (exact) mass is 1000 g/mol. The Balaban J connectivity index is 1.29. The predicted molar refractivity (Wildman–Crippen MR) is 286 cm³/mol. The van der Waals surface area contributed by atoms with E-state index in [0.717, 1.165) is 74.1 Å². The van der Waals surface area contributed by atoms with Gasteiger partial charge in [-0.15, -0.1) is 0 Å². The Kier molecular flexibility index (Phi) is 26.2. The average molecular weight is 1000 g/mol. The maximum atomic E-state index is 11.7. The maximum Gasteiger partial charge on any atom is 0.383 e. The molecule has 2 atom stereocenters. The number of carbonyl (C=O) groups is 2. The van der Waals surface area contributed by atoms with Crippen LogP contribution in [0.2, 0.25) is 5.82 Å². The third kappa shape index (κ3) is 24.9. The van der Waals surface area contributed by atoms with Crippen molar-refractivity contribution in [2.24, 2.45) is 11.3 Å². The lowest BCUT2D eigenvalue weighted by atomic mass is 9.73. The Morgan fingerprint density at radius 1 is 0.583 bits per heavy atom. The van der Waals surface area contributed by atoms with Crippen LogP contribution < -0.4 is 24.3 Å². The van der Waals surface area contributed by atoms with Gasteiger partial charge in [-0.2, -0.15) is 0 Å². The summed E-state index contributed by atoms with van der Waals surface area (Å²) >= 11 is 0. The van der Waals surface area contributed by atoms with Crippen molar-refractivity contribution >= 4 is 19.9 Å². The summed E-state index contributed by atoms with van der Waals surface area (Å²) in [6, 6.07) is 26.9. The number of para-hydroxylation sites is 2. The highest BCUT2D eigenvalue weighted by molar-refractivity contribution is 6.33. The Hall–Kier alpha value is -4.60. The van der Waals surface area contributed by atoms with Gasteiger partial charge in [0, 0.05) is 50.6 Å². The number of hydrogen-bond acceptors (Lipinski definition) is 13. The van der Waals surface area contributed by atoms with Gasteiger partial charge in [-0.1, -0.05) is 69.3 Å². The minimum atomic E-state index is -0.765. The van der Waals surface area contributed by atoms with Crippen LogP contribution in [0, 0.1) is 11.3 Å². The van der Waals surface area contributed by atoms with E-state index in [1.54, 1.807) is 0 Å². The first-order valence-corrected chi connectivity index (χ1v) is 25.7. The van der Waals surface area contributed by atoms with E-state index < -0.39 is 22.8 Å². The van der Waals surface area contributed by atoms with Crippen molar-refractivity contribution in [3.05, 3.63) is 97.6 Å². The fraction of sp³-hybridized carbons (Fsp3) is 0.621. The van der Waals surface area contributed by atoms with E-state index in [9.17, 15) is 9.59 Å². The fourth-order valence-electron chi connectivity index (χ4n) is 7.21. The number of unbranched alkanes of at least 4 members (excludes halogenated alkanes) is 1. The topological polar surface area (TPSA) is 138 Å². The number of benzene rings is 3. The van der Waals surface area contributed by atoms with Gasteiger partial charge in [-0.25, -0.2) is 4.79 Å². The molecule has 0 heterocycles. The molecule has 1 radical (unpaired) electrons. The van der Waals surface area contributed by atoms with Crippen molar-refractivity contribution in [1.82, 2.24) is 5.32 Å². The molecule has 13 nitrogen and oxygen atoms in total. The van der Waals surface area contributed by atoms with Crippen molar-refractivity contribution < 1.29 is 56.9 Å². The van der Waals surface area contributed by atoms with E-state index in [1.165, 1.54) is 7.48 Å². The zero-order valence-corrected chi connectivity index (χ0v) is 45.9. The van der Waals surface area contributed by atoms with Crippen LogP contribution in [-0.2, 0) is 37.9 Å². The average Bonchev–Trinajstić information content (AvgIpc) is 3.32. The molecule has 0 aliphatic rings. The standard InChI is InChI=1S/C58H89BNO12/c1-14-52(62)72-59-47(42-66-49-27-19-16-20-28-49)43-69-56(8,9)44-60-34-24-36-68-55(6,7)33-38-64-51-30-23-29-50(39-51)63-37-32-54(4,5)67-35-22-21-31-53(2,3)58(12,13)70-41-46(57(10,11)71-45-61)40-65-48-25-17-15-18-26-48/h14-20,23,25-30,39,45-47,60H,1,21-22,24,31-38,40-44H2,2-13H3. The molecular weight excluding hydrogens is 913 g/mol. The molecule has 72 heavy (non-hydrogen) atoms. The van der Waals surface area contributed by atoms with Gasteiger partial charge in [-0.3, -0.25) is 4.79 Å². The van der Waals surface area contributed by atoms with Crippen LogP contribution in [0.5, 0.6) is 23.0 Å². The van der Waals surface area contributed by atoms with Crippen LogP contribution in [0.3, 0.4) is 0 Å². The normalized spacial score (nSPS) is 13.4. The minimum absolute atomic E-state index is 0.131. The van der Waals surface area contributed by atoms with Crippen LogP contribution in [0.15, 0.2) is 97.6 Å². The highest BCUT2D eigenvalue weighted by atomic mass is 16.6. The smallest absolute Gasteiger partial charge is 0.383 e. The van der Waals surface area contributed by atoms with Crippen molar-refractivity contribution in [3.63, 3.8) is 0 Å². The van der Waals surface area contributed by atoms with Gasteiger partial charge in [0.1, 0.15) is 28.6 Å². The minimum Gasteiger partial charge on any atom is -0.535 e. The summed E-state index contributed by atoms with van der Waals surface area (Å²) in [6.07, 6.45) is 6.30. The molecule has 3 aromatic rings. The number of rotatable bonds is 40. The van der Waals surface area contributed by atoms with E-state index in [2.05, 4.69) is 67.3 Å². The Labute approximate surface area is 433 Å². The summed E-state index contributed by atoms with van der Waals surface area (Å²) < 4.78 is 60.4. The molecule has 0 saturated carbocycles. The zero-order valence-electron chi connectivity index (χ0n) is 45.9. The summed E-state index contributed by atoms with van der Waals surface area (Å²) in [5, 5.41) is 3.48. The third-order valence-electron chi connectivity index (χ3n) is 13.2. The second kappa shape index (κ2) is 30.6. The number of hydrogen-bond donors (Lipinski definition) is 1. The van der Waals surface area contributed by atoms with Crippen molar-refractivity contribution in [3.8, 4) is 23.0 Å². The molecular formula is C58H89BNO12. The predicted octanol–water partition coefficient (Wildman–Crippen LogP) is 11.4. The quantitative estimate of drug-likeness (QED) is 0.0250. The van der Waals surface area contributed by atoms with Gasteiger partial charge in [0.2, 0.25) is 0 Å². The number of carbonyl (C=O) groups excluding carboxylic acids is 2. The third-order valence-corrected chi connectivity index (χ3v) is 13.2. The largest absolute Gasteiger partial charge is 0.535 e. The van der Waals surface area contributed by atoms with Crippen LogP contribution in [0.25, 0.3) is 0 Å². The lowest BCUT2D eigenvalue weighted by Gasteiger charge is -2.43. The molecule has 0 saturated heterocycles. The lowest BCUT2D eigenvalue weighted by molar-refractivity contribution is -0.162. The molecule has 2 unspecified atom stereocenters. The Bertz CT molecular complexity index is 1970. The van der Waals surface area contributed by atoms with Crippen molar-refractivity contribution in [2.45, 2.75) is 155 Å². The molecule has 0 fully saturated rings. The van der Waals surface area contributed by atoms with E-state index >= 15 is 0 Å². The molecule has 0 aromatic heterocycles. The molecule has 3 aromatic carbocycles. The fourth-order valence-corrected chi connectivity index (χ4v) is 7.21. The molecule has 0 spiro atoms. The van der Waals surface area contributed by atoms with Gasteiger partial charge < -0.3 is 52.6 Å². The van der Waals surface area contributed by atoms with Crippen LogP contribution >= 0.6 is 0 Å². The summed E-state index contributed by atoms with van der Waals surface area (Å²) in [5.41, 5.74) is -2.52. The second-order valence-electron chi connectivity index (χ2n) is 22.0. The number of ether oxygens (including phenoxy) is 9. The summed E-state index contributed by atoms with van der Waals surface area (Å²) in [6.45, 7) is 34.0. The molecule has 0 bridgehead atoms. The summed E-state index contributed by atoms with van der Waals surface area (Å²) in [7, 11) is 1.46. The molecule has 3 rings (SSSR count).